The average molecular weight is 316 g/mol. The zero-order chi connectivity index (χ0) is 16.3. The van der Waals surface area contributed by atoms with Gasteiger partial charge in [0.2, 0.25) is 0 Å². The Morgan fingerprint density at radius 2 is 1.82 bits per heavy atom. The Morgan fingerprint density at radius 3 is 2.36 bits per heavy atom. The molecule has 22 heavy (non-hydrogen) atoms. The van der Waals surface area contributed by atoms with Crippen molar-refractivity contribution in [2.24, 2.45) is 0 Å². The van der Waals surface area contributed by atoms with E-state index in [1.807, 2.05) is 13.0 Å². The molecular weight excluding hydrogens is 304 g/mol. The standard InChI is InChI=1S/C15H12N2O4S/c1-10-2-5-12(6-3-10)22(20,21)17-14-7-4-11(9-16)8-13(14)15(18)19/h2-8,17H,1H3,(H,18,19). The van der Waals surface area contributed by atoms with E-state index in [4.69, 9.17) is 10.4 Å². The summed E-state index contributed by atoms with van der Waals surface area (Å²) in [6.45, 7) is 1.83. The number of nitrogens with one attached hydrogen (secondary N) is 1. The fraction of sp³-hybridized carbons (Fsp3) is 0.0667. The maximum Gasteiger partial charge on any atom is 0.337 e. The van der Waals surface area contributed by atoms with Crippen LogP contribution in [0.15, 0.2) is 47.4 Å². The Kier molecular flexibility index (Phi) is 4.15. The van der Waals surface area contributed by atoms with Crippen LogP contribution in [-0.4, -0.2) is 19.5 Å². The predicted octanol–water partition coefficient (Wildman–Crippen LogP) is 2.37. The van der Waals surface area contributed by atoms with E-state index in [0.29, 0.717) is 0 Å². The van der Waals surface area contributed by atoms with Crippen LogP contribution in [0.3, 0.4) is 0 Å². The van der Waals surface area contributed by atoms with Gasteiger partial charge in [0.25, 0.3) is 10.0 Å². The molecule has 6 nitrogen and oxygen atoms in total. The van der Waals surface area contributed by atoms with Crippen molar-refractivity contribution in [3.8, 4) is 6.07 Å². The molecule has 0 saturated heterocycles. The molecule has 0 aromatic heterocycles. The number of carbonyl (C=O) groups is 1. The van der Waals surface area contributed by atoms with Gasteiger partial charge in [-0.2, -0.15) is 5.26 Å². The first-order valence-electron chi connectivity index (χ1n) is 6.20. The molecule has 2 N–H and O–H groups in total. The highest BCUT2D eigenvalue weighted by molar-refractivity contribution is 7.92. The number of carboxylic acids is 1. The number of sulfonamides is 1. The van der Waals surface area contributed by atoms with Crippen LogP contribution in [0.25, 0.3) is 0 Å². The van der Waals surface area contributed by atoms with Crippen molar-refractivity contribution in [1.82, 2.24) is 0 Å². The third-order valence-corrected chi connectivity index (χ3v) is 4.34. The first kappa shape index (κ1) is 15.5. The third-order valence-electron chi connectivity index (χ3n) is 2.95. The van der Waals surface area contributed by atoms with Gasteiger partial charge in [-0.25, -0.2) is 13.2 Å². The summed E-state index contributed by atoms with van der Waals surface area (Å²) in [5.41, 5.74) is 0.668. The van der Waals surface area contributed by atoms with E-state index < -0.39 is 16.0 Å². The summed E-state index contributed by atoms with van der Waals surface area (Å²) in [6, 6.07) is 11.7. The lowest BCUT2D eigenvalue weighted by atomic mass is 10.1. The molecular formula is C15H12N2O4S. The largest absolute Gasteiger partial charge is 0.478 e. The molecule has 0 heterocycles. The third kappa shape index (κ3) is 3.24. The Bertz CT molecular complexity index is 865. The van der Waals surface area contributed by atoms with Crippen LogP contribution in [-0.2, 0) is 10.0 Å². The molecule has 2 aromatic rings. The van der Waals surface area contributed by atoms with Gasteiger partial charge >= 0.3 is 5.97 Å². The summed E-state index contributed by atoms with van der Waals surface area (Å²) in [5, 5.41) is 17.9. The van der Waals surface area contributed by atoms with E-state index >= 15 is 0 Å². The summed E-state index contributed by atoms with van der Waals surface area (Å²) in [4.78, 5) is 11.2. The van der Waals surface area contributed by atoms with Crippen LogP contribution in [0.4, 0.5) is 5.69 Å². The second-order valence-electron chi connectivity index (χ2n) is 4.60. The monoisotopic (exact) mass is 316 g/mol. The summed E-state index contributed by atoms with van der Waals surface area (Å²) in [7, 11) is -3.90. The van der Waals surface area contributed by atoms with Crippen LogP contribution in [0.1, 0.15) is 21.5 Å². The molecule has 0 aliphatic heterocycles. The molecule has 0 aliphatic rings. The highest BCUT2D eigenvalue weighted by atomic mass is 32.2. The van der Waals surface area contributed by atoms with Gasteiger partial charge in [-0.05, 0) is 37.3 Å². The zero-order valence-electron chi connectivity index (χ0n) is 11.6. The van der Waals surface area contributed by atoms with Gasteiger partial charge < -0.3 is 5.11 Å². The van der Waals surface area contributed by atoms with Gasteiger partial charge in [-0.3, -0.25) is 4.72 Å². The molecule has 2 rings (SSSR count). The fourth-order valence-corrected chi connectivity index (χ4v) is 2.88. The number of rotatable bonds is 4. The summed E-state index contributed by atoms with van der Waals surface area (Å²) in [5.74, 6) is -1.32. The molecule has 0 radical (unpaired) electrons. The van der Waals surface area contributed by atoms with E-state index in [9.17, 15) is 13.2 Å². The van der Waals surface area contributed by atoms with Gasteiger partial charge in [-0.1, -0.05) is 17.7 Å². The molecule has 112 valence electrons. The highest BCUT2D eigenvalue weighted by Gasteiger charge is 2.18. The molecule has 2 aromatic carbocycles. The quantitative estimate of drug-likeness (QED) is 0.900. The lowest BCUT2D eigenvalue weighted by molar-refractivity contribution is 0.0698. The minimum atomic E-state index is -3.90. The minimum absolute atomic E-state index is 0.0267. The number of hydrogen-bond donors (Lipinski definition) is 2. The van der Waals surface area contributed by atoms with E-state index in [-0.39, 0.29) is 21.7 Å². The van der Waals surface area contributed by atoms with Gasteiger partial charge in [0, 0.05) is 0 Å². The Morgan fingerprint density at radius 1 is 1.18 bits per heavy atom. The second-order valence-corrected chi connectivity index (χ2v) is 6.28. The predicted molar refractivity (Wildman–Crippen MR) is 80.1 cm³/mol. The van der Waals surface area contributed by atoms with Crippen molar-refractivity contribution < 1.29 is 18.3 Å². The van der Waals surface area contributed by atoms with E-state index in [1.54, 1.807) is 12.1 Å². The maximum atomic E-state index is 12.3. The molecule has 0 atom stereocenters. The van der Waals surface area contributed by atoms with Crippen molar-refractivity contribution in [3.05, 3.63) is 59.2 Å². The summed E-state index contributed by atoms with van der Waals surface area (Å²) in [6.07, 6.45) is 0. The average Bonchev–Trinajstić information content (AvgIpc) is 2.47. The van der Waals surface area contributed by atoms with Crippen molar-refractivity contribution in [3.63, 3.8) is 0 Å². The molecule has 0 unspecified atom stereocenters. The number of anilines is 1. The molecule has 7 heteroatoms. The number of hydrogen-bond acceptors (Lipinski definition) is 4. The molecule has 0 fully saturated rings. The first-order chi connectivity index (χ1) is 10.3. The van der Waals surface area contributed by atoms with Crippen LogP contribution in [0, 0.1) is 18.3 Å². The van der Waals surface area contributed by atoms with Gasteiger partial charge in [0.1, 0.15) is 0 Å². The Labute approximate surface area is 127 Å². The number of benzene rings is 2. The number of nitriles is 1. The van der Waals surface area contributed by atoms with Crippen molar-refractivity contribution >= 4 is 21.7 Å². The number of aryl methyl sites for hydroxylation is 1. The smallest absolute Gasteiger partial charge is 0.337 e. The van der Waals surface area contributed by atoms with Crippen LogP contribution in [0.5, 0.6) is 0 Å². The maximum absolute atomic E-state index is 12.3. The van der Waals surface area contributed by atoms with E-state index in [1.165, 1.54) is 24.3 Å². The Balaban J connectivity index is 2.44. The minimum Gasteiger partial charge on any atom is -0.478 e. The number of carboxylic acid groups (broad SMARTS) is 1. The number of nitrogens with zero attached hydrogens (tertiary/aromatic N) is 1. The fourth-order valence-electron chi connectivity index (χ4n) is 1.80. The number of aromatic carboxylic acids is 1. The molecule has 0 amide bonds. The lowest BCUT2D eigenvalue weighted by Gasteiger charge is -2.11. The topological polar surface area (TPSA) is 107 Å². The van der Waals surface area contributed by atoms with Crippen LogP contribution in [0.2, 0.25) is 0 Å². The highest BCUT2D eigenvalue weighted by Crippen LogP contribution is 2.22. The van der Waals surface area contributed by atoms with Crippen LogP contribution >= 0.6 is 0 Å². The summed E-state index contributed by atoms with van der Waals surface area (Å²) < 4.78 is 26.8. The van der Waals surface area contributed by atoms with Crippen molar-refractivity contribution in [2.45, 2.75) is 11.8 Å². The SMILES string of the molecule is Cc1ccc(S(=O)(=O)Nc2ccc(C#N)cc2C(=O)O)cc1. The van der Waals surface area contributed by atoms with E-state index in [0.717, 1.165) is 11.6 Å². The summed E-state index contributed by atoms with van der Waals surface area (Å²) >= 11 is 0. The van der Waals surface area contributed by atoms with Gasteiger partial charge in [0.05, 0.1) is 27.8 Å². The first-order valence-corrected chi connectivity index (χ1v) is 7.69. The molecule has 0 saturated carbocycles. The normalized spacial score (nSPS) is 10.7. The molecule has 0 spiro atoms. The zero-order valence-corrected chi connectivity index (χ0v) is 12.4. The molecule has 0 bridgehead atoms. The van der Waals surface area contributed by atoms with Gasteiger partial charge in [0.15, 0.2) is 0 Å². The van der Waals surface area contributed by atoms with Crippen molar-refractivity contribution in [2.75, 3.05) is 4.72 Å². The molecule has 0 aliphatic carbocycles. The second kappa shape index (κ2) is 5.87. The van der Waals surface area contributed by atoms with Crippen molar-refractivity contribution in [1.29, 1.82) is 5.26 Å². The van der Waals surface area contributed by atoms with Gasteiger partial charge in [-0.15, -0.1) is 0 Å². The van der Waals surface area contributed by atoms with Crippen LogP contribution < -0.4 is 4.72 Å². The Hall–Kier alpha value is -2.85. The van der Waals surface area contributed by atoms with E-state index in [2.05, 4.69) is 4.72 Å². The lowest BCUT2D eigenvalue weighted by Crippen LogP contribution is -2.15.